The molecule has 2 aromatic heterocycles. The first-order valence-electron chi connectivity index (χ1n) is 12.1. The minimum absolute atomic E-state index is 0.0985. The SMILES string of the molecule is COC[C@H]1CCCN1c1ncc(-c2ccc3c(=O)n(C)n(Cc4ccccc4OC(C)F)c3c2)cn1. The van der Waals surface area contributed by atoms with Crippen LogP contribution in [0.1, 0.15) is 25.3 Å². The second kappa shape index (κ2) is 10.1. The molecule has 1 fully saturated rings. The average molecular weight is 492 g/mol. The van der Waals surface area contributed by atoms with Crippen molar-refractivity contribution in [1.29, 1.82) is 0 Å². The van der Waals surface area contributed by atoms with Crippen LogP contribution in [0.4, 0.5) is 10.3 Å². The Morgan fingerprint density at radius 3 is 2.67 bits per heavy atom. The fourth-order valence-corrected chi connectivity index (χ4v) is 4.91. The summed E-state index contributed by atoms with van der Waals surface area (Å²) in [6.07, 6.45) is 4.38. The van der Waals surface area contributed by atoms with Crippen LogP contribution in [-0.2, 0) is 18.3 Å². The average Bonchev–Trinajstić information content (AvgIpc) is 3.43. The molecule has 0 aliphatic carbocycles. The molecule has 0 radical (unpaired) electrons. The molecule has 0 spiro atoms. The molecule has 1 unspecified atom stereocenters. The molecule has 5 rings (SSSR count). The second-order valence-corrected chi connectivity index (χ2v) is 9.10. The quantitative estimate of drug-likeness (QED) is 0.369. The molecule has 2 atom stereocenters. The number of hydrogen-bond acceptors (Lipinski definition) is 6. The van der Waals surface area contributed by atoms with Crippen molar-refractivity contribution >= 4 is 16.9 Å². The Morgan fingerprint density at radius 2 is 1.92 bits per heavy atom. The third-order valence-corrected chi connectivity index (χ3v) is 6.71. The summed E-state index contributed by atoms with van der Waals surface area (Å²) in [6.45, 7) is 3.28. The van der Waals surface area contributed by atoms with Crippen molar-refractivity contribution in [3.63, 3.8) is 0 Å². The summed E-state index contributed by atoms with van der Waals surface area (Å²) in [5.74, 6) is 1.16. The van der Waals surface area contributed by atoms with E-state index in [0.29, 0.717) is 36.3 Å². The molecule has 1 aliphatic rings. The highest BCUT2D eigenvalue weighted by molar-refractivity contribution is 5.84. The van der Waals surface area contributed by atoms with Gasteiger partial charge in [-0.05, 0) is 36.6 Å². The summed E-state index contributed by atoms with van der Waals surface area (Å²) in [6, 6.07) is 13.3. The van der Waals surface area contributed by atoms with Crippen LogP contribution < -0.4 is 15.2 Å². The standard InChI is InChI=1S/C27H30FN5O3/c1-18(28)36-25-9-5-4-7-20(25)16-33-24-13-19(10-11-23(24)26(34)31(33)2)21-14-29-27(30-15-21)32-12-6-8-22(32)17-35-3/h4-5,7,9-11,13-15,18,22H,6,8,12,16-17H2,1-3H3/t18?,22-/m1/s1. The highest BCUT2D eigenvalue weighted by Gasteiger charge is 2.26. The number of benzene rings is 2. The van der Waals surface area contributed by atoms with Crippen molar-refractivity contribution in [3.8, 4) is 16.9 Å². The normalized spacial score (nSPS) is 16.6. The van der Waals surface area contributed by atoms with Gasteiger partial charge in [0.1, 0.15) is 5.75 Å². The molecule has 9 heteroatoms. The van der Waals surface area contributed by atoms with E-state index in [-0.39, 0.29) is 5.56 Å². The molecular formula is C27H30FN5O3. The molecular weight excluding hydrogens is 461 g/mol. The minimum Gasteiger partial charge on any atom is -0.460 e. The zero-order valence-corrected chi connectivity index (χ0v) is 20.7. The number of fused-ring (bicyclic) bond motifs is 1. The smallest absolute Gasteiger partial charge is 0.274 e. The number of halogens is 1. The van der Waals surface area contributed by atoms with Crippen molar-refractivity contribution in [2.45, 2.75) is 38.7 Å². The van der Waals surface area contributed by atoms with Crippen LogP contribution in [0.15, 0.2) is 59.7 Å². The highest BCUT2D eigenvalue weighted by atomic mass is 19.1. The van der Waals surface area contributed by atoms with Crippen LogP contribution in [0.3, 0.4) is 0 Å². The van der Waals surface area contributed by atoms with Gasteiger partial charge in [-0.2, -0.15) is 0 Å². The number of para-hydroxylation sites is 1. The Morgan fingerprint density at radius 1 is 1.14 bits per heavy atom. The molecule has 0 N–H and O–H groups in total. The first-order chi connectivity index (χ1) is 17.5. The summed E-state index contributed by atoms with van der Waals surface area (Å²) < 4.78 is 27.7. The predicted molar refractivity (Wildman–Crippen MR) is 137 cm³/mol. The topological polar surface area (TPSA) is 74.4 Å². The van der Waals surface area contributed by atoms with Gasteiger partial charge in [-0.25, -0.2) is 14.4 Å². The number of hydrogen-bond donors (Lipinski definition) is 0. The molecule has 0 bridgehead atoms. The summed E-state index contributed by atoms with van der Waals surface area (Å²) >= 11 is 0. The number of nitrogens with zero attached hydrogens (tertiary/aromatic N) is 5. The molecule has 0 saturated carbocycles. The van der Waals surface area contributed by atoms with E-state index in [1.165, 1.54) is 6.92 Å². The lowest BCUT2D eigenvalue weighted by Crippen LogP contribution is -2.34. The van der Waals surface area contributed by atoms with Gasteiger partial charge < -0.3 is 14.4 Å². The molecule has 0 amide bonds. The van der Waals surface area contributed by atoms with E-state index in [0.717, 1.165) is 41.6 Å². The Balaban J connectivity index is 1.48. The van der Waals surface area contributed by atoms with Crippen LogP contribution in [-0.4, -0.2) is 52.0 Å². The van der Waals surface area contributed by atoms with Crippen LogP contribution >= 0.6 is 0 Å². The van der Waals surface area contributed by atoms with Gasteiger partial charge in [-0.15, -0.1) is 0 Å². The molecule has 8 nitrogen and oxygen atoms in total. The maximum Gasteiger partial charge on any atom is 0.274 e. The number of rotatable bonds is 8. The highest BCUT2D eigenvalue weighted by Crippen LogP contribution is 2.27. The summed E-state index contributed by atoms with van der Waals surface area (Å²) in [5.41, 5.74) is 3.22. The van der Waals surface area contributed by atoms with E-state index in [1.54, 1.807) is 31.0 Å². The van der Waals surface area contributed by atoms with Crippen LogP contribution in [0, 0.1) is 0 Å². The van der Waals surface area contributed by atoms with Gasteiger partial charge in [-0.3, -0.25) is 14.2 Å². The van der Waals surface area contributed by atoms with E-state index in [2.05, 4.69) is 14.9 Å². The number of aromatic nitrogens is 4. The lowest BCUT2D eigenvalue weighted by atomic mass is 10.1. The van der Waals surface area contributed by atoms with E-state index in [9.17, 15) is 9.18 Å². The van der Waals surface area contributed by atoms with Gasteiger partial charge in [-0.1, -0.05) is 24.3 Å². The van der Waals surface area contributed by atoms with Crippen molar-refractivity contribution in [1.82, 2.24) is 19.3 Å². The predicted octanol–water partition coefficient (Wildman–Crippen LogP) is 4.15. The van der Waals surface area contributed by atoms with Gasteiger partial charge in [0.05, 0.1) is 30.1 Å². The van der Waals surface area contributed by atoms with E-state index in [1.807, 2.05) is 47.4 Å². The Labute approximate surface area is 208 Å². The maximum atomic E-state index is 13.6. The van der Waals surface area contributed by atoms with Crippen molar-refractivity contribution in [2.24, 2.45) is 7.05 Å². The van der Waals surface area contributed by atoms with Gasteiger partial charge >= 0.3 is 0 Å². The first-order valence-corrected chi connectivity index (χ1v) is 12.1. The Bertz CT molecular complexity index is 1410. The Kier molecular flexibility index (Phi) is 6.73. The maximum absolute atomic E-state index is 13.6. The van der Waals surface area contributed by atoms with E-state index < -0.39 is 6.36 Å². The lowest BCUT2D eigenvalue weighted by Gasteiger charge is -2.23. The van der Waals surface area contributed by atoms with Crippen LogP contribution in [0.25, 0.3) is 22.0 Å². The van der Waals surface area contributed by atoms with Crippen molar-refractivity contribution in [2.75, 3.05) is 25.2 Å². The van der Waals surface area contributed by atoms with Gasteiger partial charge in [0.2, 0.25) is 12.3 Å². The zero-order valence-electron chi connectivity index (χ0n) is 20.7. The third kappa shape index (κ3) is 4.58. The molecule has 4 aromatic rings. The monoisotopic (exact) mass is 491 g/mol. The van der Waals surface area contributed by atoms with Crippen molar-refractivity contribution in [3.05, 3.63) is 70.8 Å². The molecule has 1 saturated heterocycles. The van der Waals surface area contributed by atoms with Gasteiger partial charge in [0.25, 0.3) is 5.56 Å². The number of alkyl halides is 1. The van der Waals surface area contributed by atoms with Crippen molar-refractivity contribution < 1.29 is 13.9 Å². The second-order valence-electron chi connectivity index (χ2n) is 9.10. The van der Waals surface area contributed by atoms with E-state index in [4.69, 9.17) is 9.47 Å². The minimum atomic E-state index is -1.43. The Hall–Kier alpha value is -3.72. The largest absolute Gasteiger partial charge is 0.460 e. The molecule has 36 heavy (non-hydrogen) atoms. The van der Waals surface area contributed by atoms with E-state index >= 15 is 0 Å². The first kappa shape index (κ1) is 24.0. The third-order valence-electron chi connectivity index (χ3n) is 6.71. The molecule has 1 aliphatic heterocycles. The number of anilines is 1. The molecule has 3 heterocycles. The molecule has 2 aromatic carbocycles. The number of methoxy groups -OCH3 is 1. The fourth-order valence-electron chi connectivity index (χ4n) is 4.91. The summed E-state index contributed by atoms with van der Waals surface area (Å²) in [5, 5.41) is 0.607. The summed E-state index contributed by atoms with van der Waals surface area (Å²) in [7, 11) is 3.45. The lowest BCUT2D eigenvalue weighted by molar-refractivity contribution is 0.0847. The molecule has 188 valence electrons. The van der Waals surface area contributed by atoms with Crippen LogP contribution in [0.5, 0.6) is 5.75 Å². The fraction of sp³-hybridized carbons (Fsp3) is 0.370. The number of ether oxygens (including phenoxy) is 2. The summed E-state index contributed by atoms with van der Waals surface area (Å²) in [4.78, 5) is 24.4. The van der Waals surface area contributed by atoms with Crippen LogP contribution in [0.2, 0.25) is 0 Å². The van der Waals surface area contributed by atoms with Gasteiger partial charge in [0.15, 0.2) is 0 Å². The van der Waals surface area contributed by atoms with Gasteiger partial charge in [0, 0.05) is 51.1 Å². The zero-order chi connectivity index (χ0) is 25.2.